The van der Waals surface area contributed by atoms with E-state index < -0.39 is 0 Å². The van der Waals surface area contributed by atoms with Crippen molar-refractivity contribution in [3.63, 3.8) is 0 Å². The van der Waals surface area contributed by atoms with E-state index in [9.17, 15) is 4.39 Å². The number of ether oxygens (including phenoxy) is 1. The van der Waals surface area contributed by atoms with Crippen LogP contribution in [0.3, 0.4) is 0 Å². The summed E-state index contributed by atoms with van der Waals surface area (Å²) in [7, 11) is 0. The van der Waals surface area contributed by atoms with Crippen LogP contribution in [-0.4, -0.2) is 6.61 Å². The summed E-state index contributed by atoms with van der Waals surface area (Å²) in [6.45, 7) is 5.21. The van der Waals surface area contributed by atoms with E-state index in [1.54, 1.807) is 6.07 Å². The van der Waals surface area contributed by atoms with Crippen LogP contribution < -0.4 is 10.1 Å². The van der Waals surface area contributed by atoms with Crippen LogP contribution in [0.2, 0.25) is 0 Å². The summed E-state index contributed by atoms with van der Waals surface area (Å²) >= 11 is 0. The lowest BCUT2D eigenvalue weighted by Crippen LogP contribution is -2.02. The van der Waals surface area contributed by atoms with Crippen LogP contribution in [-0.2, 0) is 6.54 Å². The molecule has 2 aromatic carbocycles. The molecule has 0 atom stereocenters. The molecule has 100 valence electrons. The molecule has 0 aliphatic heterocycles. The minimum atomic E-state index is -0.226. The summed E-state index contributed by atoms with van der Waals surface area (Å²) < 4.78 is 18.6. The van der Waals surface area contributed by atoms with E-state index in [4.69, 9.17) is 4.74 Å². The molecule has 0 aliphatic rings. The molecule has 0 heterocycles. The standard InChI is InChI=1S/C16H18FNO/c1-3-19-15-6-4-5-13(9-15)11-18-16-10-14(17)8-7-12(16)2/h4-10,18H,3,11H2,1-2H3. The zero-order valence-corrected chi connectivity index (χ0v) is 11.2. The Hall–Kier alpha value is -2.03. The summed E-state index contributed by atoms with van der Waals surface area (Å²) in [6.07, 6.45) is 0. The average Bonchev–Trinajstić information content (AvgIpc) is 2.41. The van der Waals surface area contributed by atoms with Crippen molar-refractivity contribution in [3.05, 3.63) is 59.4 Å². The Labute approximate surface area is 113 Å². The lowest BCUT2D eigenvalue weighted by molar-refractivity contribution is 0.340. The number of nitrogens with one attached hydrogen (secondary N) is 1. The van der Waals surface area contributed by atoms with Gasteiger partial charge in [-0.3, -0.25) is 0 Å². The third-order valence-corrected chi connectivity index (χ3v) is 2.89. The Bertz CT molecular complexity index is 554. The molecule has 19 heavy (non-hydrogen) atoms. The highest BCUT2D eigenvalue weighted by Gasteiger charge is 2.01. The number of anilines is 1. The van der Waals surface area contributed by atoms with Crippen molar-refractivity contribution in [2.24, 2.45) is 0 Å². The summed E-state index contributed by atoms with van der Waals surface area (Å²) in [5, 5.41) is 3.24. The second kappa shape index (κ2) is 6.23. The Balaban J connectivity index is 2.05. The Kier molecular flexibility index (Phi) is 4.39. The molecule has 0 unspecified atom stereocenters. The highest BCUT2D eigenvalue weighted by molar-refractivity contribution is 5.51. The van der Waals surface area contributed by atoms with Crippen molar-refractivity contribution < 1.29 is 9.13 Å². The molecule has 0 saturated carbocycles. The van der Waals surface area contributed by atoms with Crippen LogP contribution in [0.4, 0.5) is 10.1 Å². The minimum Gasteiger partial charge on any atom is -0.494 e. The first-order chi connectivity index (χ1) is 9.19. The first-order valence-corrected chi connectivity index (χ1v) is 6.41. The van der Waals surface area contributed by atoms with E-state index in [2.05, 4.69) is 5.32 Å². The third-order valence-electron chi connectivity index (χ3n) is 2.89. The van der Waals surface area contributed by atoms with E-state index in [1.807, 2.05) is 38.1 Å². The molecule has 0 spiro atoms. The molecule has 0 saturated heterocycles. The fourth-order valence-electron chi connectivity index (χ4n) is 1.89. The Morgan fingerprint density at radius 1 is 1.16 bits per heavy atom. The second-order valence-electron chi connectivity index (χ2n) is 4.39. The van der Waals surface area contributed by atoms with Crippen LogP contribution in [0.25, 0.3) is 0 Å². The third kappa shape index (κ3) is 3.71. The zero-order chi connectivity index (χ0) is 13.7. The van der Waals surface area contributed by atoms with Gasteiger partial charge in [-0.1, -0.05) is 18.2 Å². The van der Waals surface area contributed by atoms with E-state index in [-0.39, 0.29) is 5.82 Å². The molecule has 3 heteroatoms. The van der Waals surface area contributed by atoms with E-state index in [0.29, 0.717) is 13.2 Å². The van der Waals surface area contributed by atoms with Crippen molar-refractivity contribution in [2.75, 3.05) is 11.9 Å². The van der Waals surface area contributed by atoms with E-state index in [1.165, 1.54) is 12.1 Å². The van der Waals surface area contributed by atoms with Crippen LogP contribution in [0, 0.1) is 12.7 Å². The van der Waals surface area contributed by atoms with Gasteiger partial charge >= 0.3 is 0 Å². The molecule has 2 aromatic rings. The van der Waals surface area contributed by atoms with Gasteiger partial charge in [-0.15, -0.1) is 0 Å². The molecule has 0 fully saturated rings. The van der Waals surface area contributed by atoms with Gasteiger partial charge in [-0.25, -0.2) is 4.39 Å². The molecule has 0 radical (unpaired) electrons. The maximum Gasteiger partial charge on any atom is 0.125 e. The first kappa shape index (κ1) is 13.4. The van der Waals surface area contributed by atoms with Crippen molar-refractivity contribution in [3.8, 4) is 5.75 Å². The fourth-order valence-corrected chi connectivity index (χ4v) is 1.89. The number of halogens is 1. The van der Waals surface area contributed by atoms with Crippen molar-refractivity contribution in [1.82, 2.24) is 0 Å². The Morgan fingerprint density at radius 2 is 2.00 bits per heavy atom. The van der Waals surface area contributed by atoms with Gasteiger partial charge < -0.3 is 10.1 Å². The SMILES string of the molecule is CCOc1cccc(CNc2cc(F)ccc2C)c1. The molecular formula is C16H18FNO. The summed E-state index contributed by atoms with van der Waals surface area (Å²) in [5.74, 6) is 0.633. The smallest absolute Gasteiger partial charge is 0.125 e. The van der Waals surface area contributed by atoms with Gasteiger partial charge in [0.05, 0.1) is 6.61 Å². The van der Waals surface area contributed by atoms with Crippen molar-refractivity contribution in [1.29, 1.82) is 0 Å². The number of hydrogen-bond acceptors (Lipinski definition) is 2. The predicted octanol–water partition coefficient (Wildman–Crippen LogP) is 4.14. The molecule has 2 rings (SSSR count). The predicted molar refractivity (Wildman–Crippen MR) is 76.1 cm³/mol. The van der Waals surface area contributed by atoms with Crippen LogP contribution in [0.5, 0.6) is 5.75 Å². The van der Waals surface area contributed by atoms with Gasteiger partial charge in [0.15, 0.2) is 0 Å². The summed E-state index contributed by atoms with van der Waals surface area (Å²) in [6, 6.07) is 12.7. The quantitative estimate of drug-likeness (QED) is 0.871. The lowest BCUT2D eigenvalue weighted by atomic mass is 10.1. The monoisotopic (exact) mass is 259 g/mol. The fraction of sp³-hybridized carbons (Fsp3) is 0.250. The summed E-state index contributed by atoms with van der Waals surface area (Å²) in [5.41, 5.74) is 2.96. The minimum absolute atomic E-state index is 0.226. The number of benzene rings is 2. The van der Waals surface area contributed by atoms with Gasteiger partial charge in [-0.05, 0) is 49.2 Å². The maximum absolute atomic E-state index is 13.2. The maximum atomic E-state index is 13.2. The zero-order valence-electron chi connectivity index (χ0n) is 11.2. The highest BCUT2D eigenvalue weighted by Crippen LogP contribution is 2.18. The molecule has 0 aliphatic carbocycles. The highest BCUT2D eigenvalue weighted by atomic mass is 19.1. The largest absolute Gasteiger partial charge is 0.494 e. The van der Waals surface area contributed by atoms with Crippen molar-refractivity contribution in [2.45, 2.75) is 20.4 Å². The van der Waals surface area contributed by atoms with E-state index in [0.717, 1.165) is 22.6 Å². The topological polar surface area (TPSA) is 21.3 Å². The molecule has 0 aromatic heterocycles. The molecule has 0 bridgehead atoms. The van der Waals surface area contributed by atoms with Crippen LogP contribution in [0.15, 0.2) is 42.5 Å². The van der Waals surface area contributed by atoms with E-state index >= 15 is 0 Å². The number of hydrogen-bond donors (Lipinski definition) is 1. The summed E-state index contributed by atoms with van der Waals surface area (Å²) in [4.78, 5) is 0. The number of aryl methyl sites for hydroxylation is 1. The second-order valence-corrected chi connectivity index (χ2v) is 4.39. The average molecular weight is 259 g/mol. The molecular weight excluding hydrogens is 241 g/mol. The molecule has 1 N–H and O–H groups in total. The lowest BCUT2D eigenvalue weighted by Gasteiger charge is -2.11. The van der Waals surface area contributed by atoms with Gasteiger partial charge in [0.25, 0.3) is 0 Å². The van der Waals surface area contributed by atoms with Crippen LogP contribution in [0.1, 0.15) is 18.1 Å². The van der Waals surface area contributed by atoms with Crippen LogP contribution >= 0.6 is 0 Å². The van der Waals surface area contributed by atoms with Gasteiger partial charge in [-0.2, -0.15) is 0 Å². The number of rotatable bonds is 5. The first-order valence-electron chi connectivity index (χ1n) is 6.41. The van der Waals surface area contributed by atoms with Gasteiger partial charge in [0.2, 0.25) is 0 Å². The van der Waals surface area contributed by atoms with Gasteiger partial charge in [0.1, 0.15) is 11.6 Å². The van der Waals surface area contributed by atoms with Crippen molar-refractivity contribution >= 4 is 5.69 Å². The normalized spacial score (nSPS) is 10.3. The Morgan fingerprint density at radius 3 is 2.79 bits per heavy atom. The van der Waals surface area contributed by atoms with Gasteiger partial charge in [0, 0.05) is 12.2 Å². The molecule has 0 amide bonds. The molecule has 2 nitrogen and oxygen atoms in total.